The Morgan fingerprint density at radius 1 is 1.40 bits per heavy atom. The summed E-state index contributed by atoms with van der Waals surface area (Å²) in [5.41, 5.74) is 8.40. The minimum Gasteiger partial charge on any atom is -0.395 e. The van der Waals surface area contributed by atoms with Gasteiger partial charge in [-0.1, -0.05) is 30.7 Å². The number of nitrogens with one attached hydrogen (secondary N) is 1. The summed E-state index contributed by atoms with van der Waals surface area (Å²) in [4.78, 5) is 13.9. The number of nitrogen functional groups attached to an aromatic ring is 1. The third-order valence-corrected chi connectivity index (χ3v) is 3.37. The largest absolute Gasteiger partial charge is 0.395 e. The number of aromatic amines is 1. The van der Waals surface area contributed by atoms with Gasteiger partial charge in [0.25, 0.3) is 5.91 Å². The van der Waals surface area contributed by atoms with Gasteiger partial charge in [0.1, 0.15) is 0 Å². The zero-order chi connectivity index (χ0) is 14.7. The highest BCUT2D eigenvalue weighted by molar-refractivity contribution is 6.30. The number of hydrogen-bond donors (Lipinski definition) is 2. The van der Waals surface area contributed by atoms with Crippen molar-refractivity contribution in [1.29, 1.82) is 0 Å². The van der Waals surface area contributed by atoms with Crippen molar-refractivity contribution in [2.24, 2.45) is 0 Å². The third-order valence-electron chi connectivity index (χ3n) is 3.12. The summed E-state index contributed by atoms with van der Waals surface area (Å²) >= 11 is 5.83. The van der Waals surface area contributed by atoms with Crippen molar-refractivity contribution in [3.8, 4) is 0 Å². The van der Waals surface area contributed by atoms with E-state index in [2.05, 4.69) is 10.2 Å². The van der Waals surface area contributed by atoms with Crippen LogP contribution < -0.4 is 5.73 Å². The zero-order valence-corrected chi connectivity index (χ0v) is 12.2. The van der Waals surface area contributed by atoms with Gasteiger partial charge in [0, 0.05) is 18.6 Å². The average Bonchev–Trinajstić information content (AvgIpc) is 2.81. The van der Waals surface area contributed by atoms with Crippen LogP contribution in [0.5, 0.6) is 0 Å². The van der Waals surface area contributed by atoms with Crippen LogP contribution >= 0.6 is 11.6 Å². The van der Waals surface area contributed by atoms with Gasteiger partial charge in [-0.3, -0.25) is 9.89 Å². The van der Waals surface area contributed by atoms with Crippen molar-refractivity contribution >= 4 is 23.2 Å². The van der Waals surface area contributed by atoms with Gasteiger partial charge < -0.3 is 10.6 Å². The minimum absolute atomic E-state index is 0.201. The van der Waals surface area contributed by atoms with Gasteiger partial charge in [0.2, 0.25) is 0 Å². The first-order valence-electron chi connectivity index (χ1n) is 6.35. The summed E-state index contributed by atoms with van der Waals surface area (Å²) < 4.78 is 0. The predicted octanol–water partition coefficient (Wildman–Crippen LogP) is 2.48. The van der Waals surface area contributed by atoms with E-state index >= 15 is 0 Å². The van der Waals surface area contributed by atoms with Gasteiger partial charge >= 0.3 is 0 Å². The Balaban J connectivity index is 2.12. The Bertz CT molecular complexity index is 606. The molecule has 106 valence electrons. The second kappa shape index (κ2) is 5.96. The van der Waals surface area contributed by atoms with E-state index in [0.717, 1.165) is 11.3 Å². The first-order valence-corrected chi connectivity index (χ1v) is 6.73. The van der Waals surface area contributed by atoms with E-state index in [1.54, 1.807) is 24.1 Å². The van der Waals surface area contributed by atoms with E-state index in [4.69, 9.17) is 17.3 Å². The summed E-state index contributed by atoms with van der Waals surface area (Å²) in [6.45, 7) is 2.43. The molecular weight excluding hydrogens is 276 g/mol. The highest BCUT2D eigenvalue weighted by Gasteiger charge is 2.20. The first kappa shape index (κ1) is 14.4. The molecule has 0 fully saturated rings. The zero-order valence-electron chi connectivity index (χ0n) is 11.5. The maximum absolute atomic E-state index is 12.3. The molecule has 0 radical (unpaired) electrons. The van der Waals surface area contributed by atoms with Crippen molar-refractivity contribution in [1.82, 2.24) is 15.1 Å². The maximum Gasteiger partial charge on any atom is 0.276 e. The standard InChI is InChI=1S/C14H17ClN4O/c1-3-11-12(16)13(18-17-11)14(20)19(2)8-9-4-6-10(15)7-5-9/h4-7H,3,8,16H2,1-2H3,(H,17,18). The number of carbonyl (C=O) groups is 1. The molecule has 6 heteroatoms. The molecule has 2 rings (SSSR count). The lowest BCUT2D eigenvalue weighted by molar-refractivity contribution is 0.0780. The Morgan fingerprint density at radius 2 is 2.05 bits per heavy atom. The third kappa shape index (κ3) is 2.93. The van der Waals surface area contributed by atoms with Gasteiger partial charge in [0.05, 0.1) is 11.4 Å². The SMILES string of the molecule is CCc1[nH]nc(C(=O)N(C)Cc2ccc(Cl)cc2)c1N. The summed E-state index contributed by atoms with van der Waals surface area (Å²) in [6.07, 6.45) is 0.715. The highest BCUT2D eigenvalue weighted by Crippen LogP contribution is 2.17. The summed E-state index contributed by atoms with van der Waals surface area (Å²) in [7, 11) is 1.72. The van der Waals surface area contributed by atoms with Crippen LogP contribution in [0.25, 0.3) is 0 Å². The van der Waals surface area contributed by atoms with Crippen LogP contribution in [0.2, 0.25) is 5.02 Å². The number of hydrogen-bond acceptors (Lipinski definition) is 3. The van der Waals surface area contributed by atoms with E-state index in [1.165, 1.54) is 0 Å². The molecule has 2 aromatic rings. The number of aromatic nitrogens is 2. The molecule has 0 unspecified atom stereocenters. The number of halogens is 1. The van der Waals surface area contributed by atoms with Crippen LogP contribution in [0.4, 0.5) is 5.69 Å². The van der Waals surface area contributed by atoms with Crippen LogP contribution in [0, 0.1) is 0 Å². The van der Waals surface area contributed by atoms with E-state index in [1.807, 2.05) is 19.1 Å². The topological polar surface area (TPSA) is 75.0 Å². The molecule has 0 saturated heterocycles. The number of H-pyrrole nitrogens is 1. The van der Waals surface area contributed by atoms with Gasteiger partial charge in [-0.15, -0.1) is 0 Å². The summed E-state index contributed by atoms with van der Waals surface area (Å²) in [6, 6.07) is 7.37. The van der Waals surface area contributed by atoms with Gasteiger partial charge in [-0.25, -0.2) is 0 Å². The van der Waals surface area contributed by atoms with Crippen molar-refractivity contribution in [2.75, 3.05) is 12.8 Å². The quantitative estimate of drug-likeness (QED) is 0.909. The average molecular weight is 293 g/mol. The van der Waals surface area contributed by atoms with Crippen LogP contribution in [-0.4, -0.2) is 28.1 Å². The van der Waals surface area contributed by atoms with Crippen molar-refractivity contribution in [3.63, 3.8) is 0 Å². The molecule has 0 aliphatic carbocycles. The Morgan fingerprint density at radius 3 is 2.60 bits per heavy atom. The fraction of sp³-hybridized carbons (Fsp3) is 0.286. The molecular formula is C14H17ClN4O. The molecule has 0 bridgehead atoms. The number of nitrogens with two attached hydrogens (primary N) is 1. The fourth-order valence-corrected chi connectivity index (χ4v) is 2.06. The molecule has 1 amide bonds. The van der Waals surface area contributed by atoms with E-state index in [9.17, 15) is 4.79 Å². The second-order valence-corrected chi connectivity index (χ2v) is 5.04. The molecule has 3 N–H and O–H groups in total. The molecule has 1 heterocycles. The number of carbonyl (C=O) groups excluding carboxylic acids is 1. The highest BCUT2D eigenvalue weighted by atomic mass is 35.5. The van der Waals surface area contributed by atoms with Crippen molar-refractivity contribution in [3.05, 3.63) is 46.2 Å². The molecule has 20 heavy (non-hydrogen) atoms. The fourth-order valence-electron chi connectivity index (χ4n) is 1.94. The van der Waals surface area contributed by atoms with E-state index in [0.29, 0.717) is 23.7 Å². The Kier molecular flexibility index (Phi) is 4.29. The van der Waals surface area contributed by atoms with Crippen LogP contribution in [0.1, 0.15) is 28.7 Å². The normalized spacial score (nSPS) is 10.6. The smallest absolute Gasteiger partial charge is 0.276 e. The predicted molar refractivity (Wildman–Crippen MR) is 79.6 cm³/mol. The first-order chi connectivity index (χ1) is 9.52. The van der Waals surface area contributed by atoms with Gasteiger partial charge in [-0.2, -0.15) is 5.10 Å². The summed E-state index contributed by atoms with van der Waals surface area (Å²) in [5, 5.41) is 7.46. The Hall–Kier alpha value is -2.01. The molecule has 0 aliphatic rings. The lowest BCUT2D eigenvalue weighted by Gasteiger charge is -2.16. The molecule has 0 spiro atoms. The lowest BCUT2D eigenvalue weighted by atomic mass is 10.2. The van der Waals surface area contributed by atoms with E-state index < -0.39 is 0 Å². The molecule has 0 aliphatic heterocycles. The number of amides is 1. The van der Waals surface area contributed by atoms with Crippen LogP contribution in [0.3, 0.4) is 0 Å². The number of nitrogens with zero attached hydrogens (tertiary/aromatic N) is 2. The van der Waals surface area contributed by atoms with Crippen LogP contribution in [-0.2, 0) is 13.0 Å². The maximum atomic E-state index is 12.3. The van der Waals surface area contributed by atoms with Gasteiger partial charge in [0.15, 0.2) is 5.69 Å². The van der Waals surface area contributed by atoms with E-state index in [-0.39, 0.29) is 11.6 Å². The molecule has 1 aromatic heterocycles. The summed E-state index contributed by atoms with van der Waals surface area (Å²) in [5.74, 6) is -0.201. The van der Waals surface area contributed by atoms with Crippen LogP contribution in [0.15, 0.2) is 24.3 Å². The lowest BCUT2D eigenvalue weighted by Crippen LogP contribution is -2.27. The van der Waals surface area contributed by atoms with Gasteiger partial charge in [-0.05, 0) is 24.1 Å². The van der Waals surface area contributed by atoms with Crippen molar-refractivity contribution < 1.29 is 4.79 Å². The monoisotopic (exact) mass is 292 g/mol. The number of rotatable bonds is 4. The number of anilines is 1. The Labute approximate surface area is 122 Å². The molecule has 1 aromatic carbocycles. The molecule has 0 saturated carbocycles. The minimum atomic E-state index is -0.201. The molecule has 5 nitrogen and oxygen atoms in total. The number of aryl methyl sites for hydroxylation is 1. The second-order valence-electron chi connectivity index (χ2n) is 4.61. The molecule has 0 atom stereocenters. The number of benzene rings is 1. The van der Waals surface area contributed by atoms with Crippen molar-refractivity contribution in [2.45, 2.75) is 19.9 Å².